The molecule has 0 spiro atoms. The number of rotatable bonds is 6. The zero-order valence-corrected chi connectivity index (χ0v) is 11.4. The number of hydrogen-bond donors (Lipinski definition) is 0. The van der Waals surface area contributed by atoms with Gasteiger partial charge in [0.05, 0.1) is 0 Å². The summed E-state index contributed by atoms with van der Waals surface area (Å²) < 4.78 is 10.9. The first-order valence-corrected chi connectivity index (χ1v) is 9.65. The molecule has 0 N–H and O–H groups in total. The standard InChI is InChI=1S/C8H17NO2SeSi/c1-10-5-8(6-12-7-9)11-13(2,3)4/h8H,5-6H2,1-4H3. The van der Waals surface area contributed by atoms with Crippen LogP contribution in [0.2, 0.25) is 25.0 Å². The first kappa shape index (κ1) is 13.1. The van der Waals surface area contributed by atoms with Crippen molar-refractivity contribution in [1.29, 1.82) is 5.26 Å². The van der Waals surface area contributed by atoms with Crippen LogP contribution in [0.25, 0.3) is 0 Å². The zero-order valence-electron chi connectivity index (χ0n) is 8.66. The quantitative estimate of drug-likeness (QED) is 0.683. The summed E-state index contributed by atoms with van der Waals surface area (Å²) in [6, 6.07) is 0. The van der Waals surface area contributed by atoms with Crippen molar-refractivity contribution in [3.05, 3.63) is 0 Å². The van der Waals surface area contributed by atoms with Crippen molar-refractivity contribution in [2.75, 3.05) is 13.7 Å². The summed E-state index contributed by atoms with van der Waals surface area (Å²) in [6.07, 6.45) is 0.122. The molecule has 0 aromatic heterocycles. The molecule has 0 aliphatic rings. The second kappa shape index (κ2) is 6.58. The van der Waals surface area contributed by atoms with Gasteiger partial charge < -0.3 is 0 Å². The fourth-order valence-electron chi connectivity index (χ4n) is 0.932. The molecule has 0 saturated heterocycles. The molecule has 0 saturated carbocycles. The van der Waals surface area contributed by atoms with Crippen LogP contribution in [-0.4, -0.2) is 43.1 Å². The van der Waals surface area contributed by atoms with Crippen LogP contribution in [0.4, 0.5) is 0 Å². The molecule has 3 nitrogen and oxygen atoms in total. The van der Waals surface area contributed by atoms with Crippen LogP contribution in [0, 0.1) is 10.2 Å². The van der Waals surface area contributed by atoms with Gasteiger partial charge in [-0.05, 0) is 0 Å². The third-order valence-electron chi connectivity index (χ3n) is 1.21. The molecule has 0 aliphatic carbocycles. The van der Waals surface area contributed by atoms with E-state index in [1.165, 1.54) is 0 Å². The molecule has 0 radical (unpaired) electrons. The van der Waals surface area contributed by atoms with E-state index in [1.54, 1.807) is 7.11 Å². The Bertz CT molecular complexity index is 176. The first-order chi connectivity index (χ1) is 5.99. The summed E-state index contributed by atoms with van der Waals surface area (Å²) >= 11 is 0.0306. The molecular weight excluding hydrogens is 249 g/mol. The third-order valence-corrected chi connectivity index (χ3v) is 3.65. The van der Waals surface area contributed by atoms with Crippen molar-refractivity contribution < 1.29 is 9.16 Å². The van der Waals surface area contributed by atoms with E-state index in [0.717, 1.165) is 5.32 Å². The van der Waals surface area contributed by atoms with E-state index >= 15 is 0 Å². The maximum absolute atomic E-state index is 8.47. The van der Waals surface area contributed by atoms with Crippen molar-refractivity contribution in [2.45, 2.75) is 31.1 Å². The average molecular weight is 266 g/mol. The molecule has 0 aliphatic heterocycles. The molecule has 0 fully saturated rings. The van der Waals surface area contributed by atoms with Crippen LogP contribution in [0.3, 0.4) is 0 Å². The summed E-state index contributed by atoms with van der Waals surface area (Å²) in [4.78, 5) is 2.18. The molecule has 0 aromatic carbocycles. The molecule has 1 unspecified atom stereocenters. The fraction of sp³-hybridized carbons (Fsp3) is 0.875. The van der Waals surface area contributed by atoms with Crippen LogP contribution in [0.1, 0.15) is 0 Å². The van der Waals surface area contributed by atoms with E-state index in [9.17, 15) is 0 Å². The monoisotopic (exact) mass is 267 g/mol. The van der Waals surface area contributed by atoms with Gasteiger partial charge >= 0.3 is 87.4 Å². The van der Waals surface area contributed by atoms with Gasteiger partial charge in [0.1, 0.15) is 0 Å². The SMILES string of the molecule is COCC(C[Se]C#N)O[Si](C)(C)C. The Morgan fingerprint density at radius 3 is 2.46 bits per heavy atom. The normalized spacial score (nSPS) is 13.8. The van der Waals surface area contributed by atoms with E-state index in [2.05, 4.69) is 24.6 Å². The number of methoxy groups -OCH3 is 1. The minimum absolute atomic E-state index is 0.0306. The second-order valence-electron chi connectivity index (χ2n) is 3.71. The summed E-state index contributed by atoms with van der Waals surface area (Å²) in [5, 5.41) is 9.31. The Balaban J connectivity index is 3.88. The topological polar surface area (TPSA) is 42.2 Å². The Hall–Kier alpha value is 0.146. The number of hydrogen-bond acceptors (Lipinski definition) is 3. The number of nitrogens with zero attached hydrogens (tertiary/aromatic N) is 1. The Kier molecular flexibility index (Phi) is 6.65. The van der Waals surface area contributed by atoms with Crippen LogP contribution < -0.4 is 0 Å². The van der Waals surface area contributed by atoms with Crippen molar-refractivity contribution in [3.8, 4) is 4.97 Å². The van der Waals surface area contributed by atoms with Gasteiger partial charge in [-0.3, -0.25) is 0 Å². The second-order valence-corrected chi connectivity index (χ2v) is 9.86. The van der Waals surface area contributed by atoms with Gasteiger partial charge in [0, 0.05) is 0 Å². The zero-order chi connectivity index (χ0) is 10.3. The van der Waals surface area contributed by atoms with E-state index in [4.69, 9.17) is 14.4 Å². The molecule has 1 atom stereocenters. The van der Waals surface area contributed by atoms with Gasteiger partial charge in [-0.15, -0.1) is 0 Å². The van der Waals surface area contributed by atoms with E-state index in [0.29, 0.717) is 6.61 Å². The average Bonchev–Trinajstić information content (AvgIpc) is 1.98. The molecule has 0 aromatic rings. The van der Waals surface area contributed by atoms with Crippen LogP contribution in [0.15, 0.2) is 0 Å². The maximum atomic E-state index is 8.47. The summed E-state index contributed by atoms with van der Waals surface area (Å²) in [7, 11) is 0.180. The summed E-state index contributed by atoms with van der Waals surface area (Å²) in [6.45, 7) is 7.05. The van der Waals surface area contributed by atoms with Gasteiger partial charge in [-0.2, -0.15) is 0 Å². The van der Waals surface area contributed by atoms with Gasteiger partial charge in [-0.25, -0.2) is 0 Å². The van der Waals surface area contributed by atoms with Crippen LogP contribution in [0.5, 0.6) is 0 Å². The predicted molar refractivity (Wildman–Crippen MR) is 56.3 cm³/mol. The Morgan fingerprint density at radius 1 is 1.46 bits per heavy atom. The van der Waals surface area contributed by atoms with Crippen LogP contribution >= 0.6 is 0 Å². The van der Waals surface area contributed by atoms with Crippen LogP contribution in [-0.2, 0) is 9.16 Å². The van der Waals surface area contributed by atoms with Crippen molar-refractivity contribution in [3.63, 3.8) is 0 Å². The number of ether oxygens (including phenoxy) is 1. The van der Waals surface area contributed by atoms with Gasteiger partial charge in [0.15, 0.2) is 0 Å². The Labute approximate surface area is 87.7 Å². The number of nitriles is 1. The fourth-order valence-corrected chi connectivity index (χ4v) is 3.24. The molecule has 5 heteroatoms. The summed E-state index contributed by atoms with van der Waals surface area (Å²) in [5.41, 5.74) is 0. The van der Waals surface area contributed by atoms with Gasteiger partial charge in [-0.1, -0.05) is 0 Å². The van der Waals surface area contributed by atoms with E-state index in [1.807, 2.05) is 0 Å². The molecule has 0 bridgehead atoms. The van der Waals surface area contributed by atoms with E-state index in [-0.39, 0.29) is 21.1 Å². The first-order valence-electron chi connectivity index (χ1n) is 4.17. The Morgan fingerprint density at radius 2 is 2.08 bits per heavy atom. The molecule has 0 rings (SSSR count). The third kappa shape index (κ3) is 8.48. The van der Waals surface area contributed by atoms with Crippen molar-refractivity contribution in [1.82, 2.24) is 0 Å². The van der Waals surface area contributed by atoms with Crippen molar-refractivity contribution in [2.24, 2.45) is 0 Å². The summed E-state index contributed by atoms with van der Waals surface area (Å²) in [5.74, 6) is 0. The van der Waals surface area contributed by atoms with Gasteiger partial charge in [0.2, 0.25) is 0 Å². The molecule has 13 heavy (non-hydrogen) atoms. The molecule has 0 amide bonds. The molecule has 0 heterocycles. The van der Waals surface area contributed by atoms with Gasteiger partial charge in [0.25, 0.3) is 0 Å². The minimum atomic E-state index is -1.49. The predicted octanol–water partition coefficient (Wildman–Crippen LogP) is 1.46. The van der Waals surface area contributed by atoms with Crippen molar-refractivity contribution >= 4 is 23.3 Å². The molecular formula is C8H17NO2SeSi. The van der Waals surface area contributed by atoms with E-state index < -0.39 is 8.32 Å². The molecule has 76 valence electrons.